The van der Waals surface area contributed by atoms with Gasteiger partial charge < -0.3 is 5.32 Å². The number of nitrogens with one attached hydrogen (secondary N) is 1. The lowest BCUT2D eigenvalue weighted by Crippen LogP contribution is -2.24. The first kappa shape index (κ1) is 12.3. The van der Waals surface area contributed by atoms with E-state index >= 15 is 0 Å². The number of hydrogen-bond donors (Lipinski definition) is 1. The predicted molar refractivity (Wildman–Crippen MR) is 61.0 cm³/mol. The third-order valence-electron chi connectivity index (χ3n) is 1.55. The maximum absolute atomic E-state index is 12.6. The lowest BCUT2D eigenvalue weighted by molar-refractivity contribution is 0.261. The first-order valence-electron chi connectivity index (χ1n) is 4.43. The van der Waals surface area contributed by atoms with E-state index in [-0.39, 0.29) is 16.4 Å². The van der Waals surface area contributed by atoms with Gasteiger partial charge in [-0.15, -0.1) is 11.6 Å². The standard InChI is InChI=1S/C10H11ClFNOS/c1-7(11)6-13-10(14)15-9-4-2-8(12)3-5-9/h2-5,7H,6H2,1H3,(H,13,14). The van der Waals surface area contributed by atoms with Gasteiger partial charge in [0.15, 0.2) is 0 Å². The van der Waals surface area contributed by atoms with Crippen LogP contribution >= 0.6 is 23.4 Å². The second kappa shape index (κ2) is 5.98. The van der Waals surface area contributed by atoms with Crippen LogP contribution in [0.1, 0.15) is 6.92 Å². The fraction of sp³-hybridized carbons (Fsp3) is 0.300. The number of hydrogen-bond acceptors (Lipinski definition) is 2. The van der Waals surface area contributed by atoms with Crippen LogP contribution < -0.4 is 5.32 Å². The molecule has 0 aromatic heterocycles. The minimum absolute atomic E-state index is 0.0947. The van der Waals surface area contributed by atoms with Crippen molar-refractivity contribution in [1.82, 2.24) is 5.32 Å². The molecule has 0 radical (unpaired) electrons. The molecule has 0 aliphatic carbocycles. The number of thioether (sulfide) groups is 1. The molecule has 0 saturated heterocycles. The smallest absolute Gasteiger partial charge is 0.283 e. The molecule has 0 spiro atoms. The van der Waals surface area contributed by atoms with E-state index in [2.05, 4.69) is 5.32 Å². The van der Waals surface area contributed by atoms with Crippen LogP contribution in [0.25, 0.3) is 0 Å². The van der Waals surface area contributed by atoms with Crippen LogP contribution in [0.2, 0.25) is 0 Å². The summed E-state index contributed by atoms with van der Waals surface area (Å²) in [7, 11) is 0. The lowest BCUT2D eigenvalue weighted by Gasteiger charge is -2.05. The van der Waals surface area contributed by atoms with Gasteiger partial charge in [-0.2, -0.15) is 0 Å². The first-order valence-corrected chi connectivity index (χ1v) is 5.68. The summed E-state index contributed by atoms with van der Waals surface area (Å²) < 4.78 is 12.6. The molecule has 2 nitrogen and oxygen atoms in total. The van der Waals surface area contributed by atoms with Gasteiger partial charge in [0.05, 0.1) is 0 Å². The summed E-state index contributed by atoms with van der Waals surface area (Å²) in [6, 6.07) is 5.76. The molecule has 0 bridgehead atoms. The number of alkyl halides is 1. The fourth-order valence-electron chi connectivity index (χ4n) is 0.870. The van der Waals surface area contributed by atoms with Crippen LogP contribution in [0, 0.1) is 5.82 Å². The SMILES string of the molecule is CC(Cl)CNC(=O)Sc1ccc(F)cc1. The van der Waals surface area contributed by atoms with Gasteiger partial charge in [0, 0.05) is 16.8 Å². The van der Waals surface area contributed by atoms with Crippen molar-refractivity contribution in [2.75, 3.05) is 6.54 Å². The number of halogens is 2. The summed E-state index contributed by atoms with van der Waals surface area (Å²) in [6.45, 7) is 2.22. The lowest BCUT2D eigenvalue weighted by atomic mass is 10.4. The van der Waals surface area contributed by atoms with Crippen LogP contribution in [0.3, 0.4) is 0 Å². The Morgan fingerprint density at radius 1 is 1.53 bits per heavy atom. The van der Waals surface area contributed by atoms with Crippen LogP contribution in [0.5, 0.6) is 0 Å². The van der Waals surface area contributed by atoms with Crippen LogP contribution in [-0.2, 0) is 0 Å². The summed E-state index contributed by atoms with van der Waals surface area (Å²) in [5.41, 5.74) is 0. The number of carbonyl (C=O) groups excluding carboxylic acids is 1. The van der Waals surface area contributed by atoms with Crippen LogP contribution in [0.4, 0.5) is 9.18 Å². The van der Waals surface area contributed by atoms with Crippen molar-refractivity contribution in [2.24, 2.45) is 0 Å². The quantitative estimate of drug-likeness (QED) is 0.656. The zero-order valence-electron chi connectivity index (χ0n) is 8.17. The molecule has 0 heterocycles. The molecule has 82 valence electrons. The van der Waals surface area contributed by atoms with E-state index in [1.807, 2.05) is 0 Å². The van der Waals surface area contributed by atoms with Gasteiger partial charge in [-0.1, -0.05) is 0 Å². The van der Waals surface area contributed by atoms with E-state index in [4.69, 9.17) is 11.6 Å². The van der Waals surface area contributed by atoms with E-state index in [1.165, 1.54) is 12.1 Å². The van der Waals surface area contributed by atoms with E-state index in [0.29, 0.717) is 11.4 Å². The van der Waals surface area contributed by atoms with E-state index in [9.17, 15) is 9.18 Å². The van der Waals surface area contributed by atoms with Crippen molar-refractivity contribution < 1.29 is 9.18 Å². The van der Waals surface area contributed by atoms with Gasteiger partial charge in [0.25, 0.3) is 5.24 Å². The number of carbonyl (C=O) groups is 1. The summed E-state index contributed by atoms with van der Waals surface area (Å²) in [5.74, 6) is -0.311. The predicted octanol–water partition coefficient (Wildman–Crippen LogP) is 3.25. The average Bonchev–Trinajstić information content (AvgIpc) is 2.19. The second-order valence-electron chi connectivity index (χ2n) is 3.01. The molecule has 15 heavy (non-hydrogen) atoms. The van der Waals surface area contributed by atoms with Gasteiger partial charge >= 0.3 is 0 Å². The molecule has 0 aliphatic rings. The van der Waals surface area contributed by atoms with E-state index < -0.39 is 0 Å². The normalized spacial score (nSPS) is 12.2. The molecule has 1 atom stereocenters. The molecule has 0 aliphatic heterocycles. The van der Waals surface area contributed by atoms with E-state index in [0.717, 1.165) is 11.8 Å². The Labute approximate surface area is 97.2 Å². The van der Waals surface area contributed by atoms with Crippen LogP contribution in [0.15, 0.2) is 29.2 Å². The maximum atomic E-state index is 12.6. The molecule has 0 fully saturated rings. The zero-order valence-corrected chi connectivity index (χ0v) is 9.74. The Morgan fingerprint density at radius 2 is 2.13 bits per heavy atom. The number of benzene rings is 1. The van der Waals surface area contributed by atoms with Gasteiger partial charge in [-0.3, -0.25) is 4.79 Å². The third kappa shape index (κ3) is 5.04. The fourth-order valence-corrected chi connectivity index (χ4v) is 1.59. The number of amides is 1. The van der Waals surface area contributed by atoms with Gasteiger partial charge in [0.2, 0.25) is 0 Å². The molecule has 0 saturated carbocycles. The highest BCUT2D eigenvalue weighted by Crippen LogP contribution is 2.18. The molecule has 5 heteroatoms. The topological polar surface area (TPSA) is 29.1 Å². The Bertz CT molecular complexity index is 329. The van der Waals surface area contributed by atoms with Crippen molar-refractivity contribution in [2.45, 2.75) is 17.2 Å². The number of rotatable bonds is 3. The summed E-state index contributed by atoms with van der Waals surface area (Å²) in [5, 5.41) is 2.36. The van der Waals surface area contributed by atoms with Gasteiger partial charge in [-0.25, -0.2) is 4.39 Å². The van der Waals surface area contributed by atoms with Crippen molar-refractivity contribution in [3.8, 4) is 0 Å². The Balaban J connectivity index is 2.41. The molecule has 1 amide bonds. The van der Waals surface area contributed by atoms with Crippen molar-refractivity contribution >= 4 is 28.6 Å². The Kier molecular flexibility index (Phi) is 4.91. The summed E-state index contributed by atoms with van der Waals surface area (Å²) >= 11 is 6.69. The Hall–Kier alpha value is -0.740. The maximum Gasteiger partial charge on any atom is 0.283 e. The van der Waals surface area contributed by atoms with Crippen molar-refractivity contribution in [3.05, 3.63) is 30.1 Å². The average molecular weight is 248 g/mol. The van der Waals surface area contributed by atoms with Gasteiger partial charge in [-0.05, 0) is 43.0 Å². The molecule has 1 rings (SSSR count). The monoisotopic (exact) mass is 247 g/mol. The largest absolute Gasteiger partial charge is 0.345 e. The zero-order chi connectivity index (χ0) is 11.3. The highest BCUT2D eigenvalue weighted by Gasteiger charge is 2.05. The molecule has 1 aromatic rings. The third-order valence-corrected chi connectivity index (χ3v) is 2.54. The Morgan fingerprint density at radius 3 is 2.67 bits per heavy atom. The second-order valence-corrected chi connectivity index (χ2v) is 4.80. The summed E-state index contributed by atoms with van der Waals surface area (Å²) in [6.07, 6.45) is 0. The van der Waals surface area contributed by atoms with Gasteiger partial charge in [0.1, 0.15) is 5.82 Å². The first-order chi connectivity index (χ1) is 7.08. The molecule has 1 N–H and O–H groups in total. The minimum atomic E-state index is -0.311. The summed E-state index contributed by atoms with van der Waals surface area (Å²) in [4.78, 5) is 12.0. The molecular formula is C10H11ClFNOS. The molecule has 1 aromatic carbocycles. The van der Waals surface area contributed by atoms with Crippen molar-refractivity contribution in [1.29, 1.82) is 0 Å². The highest BCUT2D eigenvalue weighted by atomic mass is 35.5. The molecular weight excluding hydrogens is 237 g/mol. The minimum Gasteiger partial charge on any atom is -0.345 e. The molecule has 1 unspecified atom stereocenters. The van der Waals surface area contributed by atoms with Crippen LogP contribution in [-0.4, -0.2) is 17.2 Å². The van der Waals surface area contributed by atoms with Crippen molar-refractivity contribution in [3.63, 3.8) is 0 Å². The highest BCUT2D eigenvalue weighted by molar-refractivity contribution is 8.13. The van der Waals surface area contributed by atoms with E-state index in [1.54, 1.807) is 19.1 Å².